The Kier molecular flexibility index (Phi) is 6.01. The molecule has 8 nitrogen and oxygen atoms in total. The van der Waals surface area contributed by atoms with E-state index < -0.39 is 21.6 Å². The van der Waals surface area contributed by atoms with E-state index in [0.29, 0.717) is 23.6 Å². The van der Waals surface area contributed by atoms with Gasteiger partial charge in [0.05, 0.1) is 17.7 Å². The number of amides is 2. The van der Waals surface area contributed by atoms with Crippen LogP contribution >= 0.6 is 0 Å². The normalized spacial score (nSPS) is 18.9. The van der Waals surface area contributed by atoms with Crippen LogP contribution < -0.4 is 14.8 Å². The van der Waals surface area contributed by atoms with Crippen LogP contribution in [0.5, 0.6) is 5.75 Å². The predicted molar refractivity (Wildman–Crippen MR) is 136 cm³/mol. The van der Waals surface area contributed by atoms with E-state index in [4.69, 9.17) is 4.74 Å². The average molecular weight is 503 g/mol. The number of urea groups is 1. The van der Waals surface area contributed by atoms with Gasteiger partial charge in [-0.1, -0.05) is 54.6 Å². The standard InChI is InChI=1S/C27H26N4O4S/c1-19-9-6-7-14-24(19)36(33,34)30-26(32)29-27(18-23(27)20-10-4-3-5-11-20)25-28-15-16-31(25)21-12-8-13-22(17-21)35-2/h3-17,23H,18H2,1-2H3,(H2,29,30,32). The lowest BCUT2D eigenvalue weighted by atomic mass is 10.1. The topological polar surface area (TPSA) is 102 Å². The number of benzene rings is 3. The molecule has 36 heavy (non-hydrogen) atoms. The largest absolute Gasteiger partial charge is 0.497 e. The summed E-state index contributed by atoms with van der Waals surface area (Å²) < 4.78 is 35.4. The Morgan fingerprint density at radius 1 is 1.06 bits per heavy atom. The van der Waals surface area contributed by atoms with Crippen molar-refractivity contribution in [3.63, 3.8) is 0 Å². The van der Waals surface area contributed by atoms with E-state index >= 15 is 0 Å². The third kappa shape index (κ3) is 4.33. The first-order valence-electron chi connectivity index (χ1n) is 11.5. The summed E-state index contributed by atoms with van der Waals surface area (Å²) in [6.45, 7) is 1.69. The van der Waals surface area contributed by atoms with Crippen LogP contribution in [-0.4, -0.2) is 31.1 Å². The molecule has 0 bridgehead atoms. The second-order valence-electron chi connectivity index (χ2n) is 8.79. The number of hydrogen-bond acceptors (Lipinski definition) is 5. The van der Waals surface area contributed by atoms with Crippen LogP contribution in [0.3, 0.4) is 0 Å². The maximum absolute atomic E-state index is 13.2. The lowest BCUT2D eigenvalue weighted by molar-refractivity contribution is 0.239. The van der Waals surface area contributed by atoms with E-state index in [1.807, 2.05) is 65.4 Å². The molecule has 1 aromatic heterocycles. The van der Waals surface area contributed by atoms with Crippen molar-refractivity contribution in [3.05, 3.63) is 108 Å². The number of rotatable bonds is 7. The molecule has 1 saturated carbocycles. The molecule has 2 N–H and O–H groups in total. The van der Waals surface area contributed by atoms with Gasteiger partial charge in [0.15, 0.2) is 0 Å². The molecule has 4 aromatic rings. The summed E-state index contributed by atoms with van der Waals surface area (Å²) in [4.78, 5) is 17.8. The number of carbonyl (C=O) groups excluding carboxylic acids is 1. The van der Waals surface area contributed by atoms with E-state index in [2.05, 4.69) is 15.0 Å². The quantitative estimate of drug-likeness (QED) is 0.393. The van der Waals surface area contributed by atoms with E-state index in [1.165, 1.54) is 6.07 Å². The van der Waals surface area contributed by atoms with Gasteiger partial charge in [-0.3, -0.25) is 0 Å². The third-order valence-electron chi connectivity index (χ3n) is 6.48. The van der Waals surface area contributed by atoms with Crippen LogP contribution in [-0.2, 0) is 15.6 Å². The first kappa shape index (κ1) is 23.6. The summed E-state index contributed by atoms with van der Waals surface area (Å²) in [6, 6.07) is 23.0. The minimum absolute atomic E-state index is 0.0579. The maximum Gasteiger partial charge on any atom is 0.329 e. The van der Waals surface area contributed by atoms with E-state index in [-0.39, 0.29) is 10.8 Å². The first-order valence-corrected chi connectivity index (χ1v) is 13.0. The third-order valence-corrected chi connectivity index (χ3v) is 7.97. The smallest absolute Gasteiger partial charge is 0.329 e. The molecular formula is C27H26N4O4S. The van der Waals surface area contributed by atoms with Gasteiger partial charge in [0.1, 0.15) is 17.1 Å². The number of nitrogens with one attached hydrogen (secondary N) is 2. The lowest BCUT2D eigenvalue weighted by Gasteiger charge is -2.22. The van der Waals surface area contributed by atoms with Gasteiger partial charge in [-0.25, -0.2) is 22.9 Å². The van der Waals surface area contributed by atoms with Crippen molar-refractivity contribution >= 4 is 16.1 Å². The SMILES string of the molecule is COc1cccc(-n2ccnc2C2(NC(=O)NS(=O)(=O)c3ccccc3C)CC2c2ccccc2)c1. The van der Waals surface area contributed by atoms with Crippen molar-refractivity contribution in [2.75, 3.05) is 7.11 Å². The molecule has 1 aliphatic carbocycles. The Bertz CT molecular complexity index is 1520. The van der Waals surface area contributed by atoms with Crippen molar-refractivity contribution in [1.82, 2.24) is 19.6 Å². The molecule has 5 rings (SSSR count). The molecule has 2 amide bonds. The van der Waals surface area contributed by atoms with Crippen molar-refractivity contribution in [3.8, 4) is 11.4 Å². The minimum atomic E-state index is -4.06. The lowest BCUT2D eigenvalue weighted by Crippen LogP contribution is -2.46. The molecule has 0 radical (unpaired) electrons. The summed E-state index contributed by atoms with van der Waals surface area (Å²) >= 11 is 0. The van der Waals surface area contributed by atoms with Crippen LogP contribution in [0.2, 0.25) is 0 Å². The minimum Gasteiger partial charge on any atom is -0.497 e. The highest BCUT2D eigenvalue weighted by Crippen LogP contribution is 2.58. The maximum atomic E-state index is 13.2. The van der Waals surface area contributed by atoms with Crippen LogP contribution in [0.1, 0.15) is 29.3 Å². The van der Waals surface area contributed by atoms with Crippen LogP contribution in [0, 0.1) is 6.92 Å². The second kappa shape index (κ2) is 9.16. The zero-order valence-electron chi connectivity index (χ0n) is 19.9. The van der Waals surface area contributed by atoms with Crippen LogP contribution in [0.4, 0.5) is 4.79 Å². The number of aromatic nitrogens is 2. The molecule has 3 aromatic carbocycles. The fourth-order valence-electron chi connectivity index (χ4n) is 4.66. The van der Waals surface area contributed by atoms with Gasteiger partial charge in [-0.2, -0.15) is 0 Å². The molecule has 184 valence electrons. The van der Waals surface area contributed by atoms with Crippen molar-refractivity contribution in [2.45, 2.75) is 29.7 Å². The van der Waals surface area contributed by atoms with E-state index in [9.17, 15) is 13.2 Å². The Labute approximate surface area is 210 Å². The van der Waals surface area contributed by atoms with Crippen molar-refractivity contribution in [1.29, 1.82) is 0 Å². The number of imidazole rings is 1. The second-order valence-corrected chi connectivity index (χ2v) is 10.4. The summed E-state index contributed by atoms with van der Waals surface area (Å²) in [5.74, 6) is 1.21. The summed E-state index contributed by atoms with van der Waals surface area (Å²) in [5.41, 5.74) is 1.49. The highest BCUT2D eigenvalue weighted by molar-refractivity contribution is 7.90. The highest BCUT2D eigenvalue weighted by Gasteiger charge is 2.60. The van der Waals surface area contributed by atoms with Gasteiger partial charge in [0, 0.05) is 24.4 Å². The number of methoxy groups -OCH3 is 1. The fourth-order valence-corrected chi connectivity index (χ4v) is 5.81. The molecule has 0 aliphatic heterocycles. The number of nitrogens with zero attached hydrogens (tertiary/aromatic N) is 2. The number of sulfonamides is 1. The van der Waals surface area contributed by atoms with Gasteiger partial charge < -0.3 is 14.6 Å². The molecule has 2 atom stereocenters. The van der Waals surface area contributed by atoms with Crippen molar-refractivity contribution < 1.29 is 17.9 Å². The molecule has 1 heterocycles. The number of ether oxygens (including phenoxy) is 1. The van der Waals surface area contributed by atoms with Gasteiger partial charge in [0.2, 0.25) is 0 Å². The number of carbonyl (C=O) groups is 1. The zero-order chi connectivity index (χ0) is 25.3. The molecule has 9 heteroatoms. The molecule has 1 fully saturated rings. The Morgan fingerprint density at radius 2 is 1.81 bits per heavy atom. The monoisotopic (exact) mass is 502 g/mol. The summed E-state index contributed by atoms with van der Waals surface area (Å²) in [6.07, 6.45) is 4.05. The molecule has 0 spiro atoms. The number of aryl methyl sites for hydroxylation is 1. The molecule has 2 unspecified atom stereocenters. The van der Waals surface area contributed by atoms with Crippen molar-refractivity contribution in [2.24, 2.45) is 0 Å². The summed E-state index contributed by atoms with van der Waals surface area (Å²) in [7, 11) is -2.46. The molecular weight excluding hydrogens is 476 g/mol. The molecule has 0 saturated heterocycles. The Balaban J connectivity index is 1.50. The van der Waals surface area contributed by atoms with Gasteiger partial charge in [-0.05, 0) is 42.7 Å². The highest BCUT2D eigenvalue weighted by atomic mass is 32.2. The predicted octanol–water partition coefficient (Wildman–Crippen LogP) is 4.26. The Hall–Kier alpha value is -4.11. The van der Waals surface area contributed by atoms with Gasteiger partial charge in [0.25, 0.3) is 10.0 Å². The Morgan fingerprint density at radius 3 is 2.56 bits per heavy atom. The zero-order valence-corrected chi connectivity index (χ0v) is 20.7. The first-order chi connectivity index (χ1) is 17.3. The van der Waals surface area contributed by atoms with E-state index in [1.54, 1.807) is 38.4 Å². The average Bonchev–Trinajstić information content (AvgIpc) is 3.36. The molecule has 1 aliphatic rings. The fraction of sp³-hybridized carbons (Fsp3) is 0.185. The van der Waals surface area contributed by atoms with Crippen LogP contribution in [0.15, 0.2) is 96.2 Å². The summed E-state index contributed by atoms with van der Waals surface area (Å²) in [5, 5.41) is 2.96. The van der Waals surface area contributed by atoms with Gasteiger partial charge >= 0.3 is 6.03 Å². The number of hydrogen-bond donors (Lipinski definition) is 2. The van der Waals surface area contributed by atoms with E-state index in [0.717, 1.165) is 11.3 Å². The van der Waals surface area contributed by atoms with Gasteiger partial charge in [-0.15, -0.1) is 0 Å². The van der Waals surface area contributed by atoms with Crippen LogP contribution in [0.25, 0.3) is 5.69 Å².